The van der Waals surface area contributed by atoms with Gasteiger partial charge in [0, 0.05) is 24.3 Å². The molecule has 6 nitrogen and oxygen atoms in total. The Hall–Kier alpha value is -1.47. The molecule has 0 bridgehead atoms. The number of carbonyl (C=O) groups is 2. The van der Waals surface area contributed by atoms with E-state index in [0.717, 1.165) is 18.1 Å². The van der Waals surface area contributed by atoms with Crippen LogP contribution in [0, 0.1) is 11.8 Å². The standard InChI is InChI=1S/C12H17N3O3S/c1-7(8-4-13-5-8)11(16)14-3-2-10-15-9(6-19-10)12(17)18/h6-8,13H,2-5H2,1H3,(H,14,16)(H,17,18). The van der Waals surface area contributed by atoms with E-state index in [1.807, 2.05) is 6.92 Å². The van der Waals surface area contributed by atoms with Gasteiger partial charge in [0.1, 0.15) is 0 Å². The fraction of sp³-hybridized carbons (Fsp3) is 0.583. The zero-order valence-electron chi connectivity index (χ0n) is 10.7. The lowest BCUT2D eigenvalue weighted by atomic mass is 9.88. The first kappa shape index (κ1) is 14.0. The van der Waals surface area contributed by atoms with Crippen molar-refractivity contribution in [2.45, 2.75) is 13.3 Å². The molecule has 3 N–H and O–H groups in total. The summed E-state index contributed by atoms with van der Waals surface area (Å²) in [4.78, 5) is 26.5. The number of aromatic carboxylic acids is 1. The van der Waals surface area contributed by atoms with Gasteiger partial charge in [0.15, 0.2) is 5.69 Å². The molecule has 1 unspecified atom stereocenters. The van der Waals surface area contributed by atoms with Crippen LogP contribution in [0.15, 0.2) is 5.38 Å². The zero-order valence-corrected chi connectivity index (χ0v) is 11.5. The van der Waals surface area contributed by atoms with Crippen LogP contribution in [0.2, 0.25) is 0 Å². The second-order valence-corrected chi connectivity index (χ2v) is 5.62. The van der Waals surface area contributed by atoms with Crippen molar-refractivity contribution in [1.82, 2.24) is 15.6 Å². The molecule has 0 saturated carbocycles. The highest BCUT2D eigenvalue weighted by Crippen LogP contribution is 2.15. The molecule has 1 aromatic rings. The number of amides is 1. The number of carbonyl (C=O) groups excluding carboxylic acids is 1. The molecule has 7 heteroatoms. The number of nitrogens with one attached hydrogen (secondary N) is 2. The summed E-state index contributed by atoms with van der Waals surface area (Å²) in [6, 6.07) is 0. The van der Waals surface area contributed by atoms with Crippen LogP contribution in [0.5, 0.6) is 0 Å². The molecule has 1 atom stereocenters. The minimum absolute atomic E-state index is 0.0205. The molecule has 0 aromatic carbocycles. The Morgan fingerprint density at radius 2 is 2.37 bits per heavy atom. The normalized spacial score (nSPS) is 16.7. The average Bonchev–Trinajstić information content (AvgIpc) is 2.75. The van der Waals surface area contributed by atoms with Crippen molar-refractivity contribution in [3.05, 3.63) is 16.1 Å². The lowest BCUT2D eigenvalue weighted by Gasteiger charge is -2.31. The first-order chi connectivity index (χ1) is 9.08. The third kappa shape index (κ3) is 3.51. The minimum Gasteiger partial charge on any atom is -0.476 e. The number of thiazole rings is 1. The van der Waals surface area contributed by atoms with E-state index in [4.69, 9.17) is 5.11 Å². The van der Waals surface area contributed by atoms with E-state index in [1.54, 1.807) is 0 Å². The number of hydrogen-bond donors (Lipinski definition) is 3. The Morgan fingerprint density at radius 3 is 2.89 bits per heavy atom. The number of carboxylic acid groups (broad SMARTS) is 1. The van der Waals surface area contributed by atoms with Gasteiger partial charge in [-0.2, -0.15) is 0 Å². The summed E-state index contributed by atoms with van der Waals surface area (Å²) in [6.07, 6.45) is 0.569. The van der Waals surface area contributed by atoms with Crippen LogP contribution in [0.1, 0.15) is 22.4 Å². The van der Waals surface area contributed by atoms with Gasteiger partial charge < -0.3 is 15.7 Å². The van der Waals surface area contributed by atoms with Crippen molar-refractivity contribution in [1.29, 1.82) is 0 Å². The summed E-state index contributed by atoms with van der Waals surface area (Å²) in [7, 11) is 0. The summed E-state index contributed by atoms with van der Waals surface area (Å²) >= 11 is 1.31. The van der Waals surface area contributed by atoms with Crippen LogP contribution in [0.3, 0.4) is 0 Å². The summed E-state index contributed by atoms with van der Waals surface area (Å²) in [5, 5.41) is 17.0. The molecule has 0 radical (unpaired) electrons. The molecule has 0 aliphatic carbocycles. The van der Waals surface area contributed by atoms with Crippen LogP contribution in [0.25, 0.3) is 0 Å². The Balaban J connectivity index is 1.73. The summed E-state index contributed by atoms with van der Waals surface area (Å²) in [5.74, 6) is -0.509. The number of carboxylic acids is 1. The number of rotatable bonds is 6. The largest absolute Gasteiger partial charge is 0.476 e. The molecule has 1 aliphatic heterocycles. The third-order valence-electron chi connectivity index (χ3n) is 3.34. The Morgan fingerprint density at radius 1 is 1.63 bits per heavy atom. The van der Waals surface area contributed by atoms with Crippen LogP contribution >= 0.6 is 11.3 Å². The SMILES string of the molecule is CC(C(=O)NCCc1nc(C(=O)O)cs1)C1CNC1. The molecular formula is C12H17N3O3S. The Bertz CT molecular complexity index is 471. The molecule has 0 spiro atoms. The number of nitrogens with zero attached hydrogens (tertiary/aromatic N) is 1. The van der Waals surface area contributed by atoms with Crippen molar-refractivity contribution in [3.63, 3.8) is 0 Å². The van der Waals surface area contributed by atoms with Crippen molar-refractivity contribution < 1.29 is 14.7 Å². The summed E-state index contributed by atoms with van der Waals surface area (Å²) in [5.41, 5.74) is 0.0697. The van der Waals surface area contributed by atoms with E-state index in [9.17, 15) is 9.59 Å². The molecule has 1 fully saturated rings. The minimum atomic E-state index is -1.02. The third-order valence-corrected chi connectivity index (χ3v) is 4.25. The predicted octanol–water partition coefficient (Wildman–Crippen LogP) is 0.356. The Kier molecular flexibility index (Phi) is 4.49. The smallest absolute Gasteiger partial charge is 0.355 e. The van der Waals surface area contributed by atoms with E-state index in [2.05, 4.69) is 15.6 Å². The topological polar surface area (TPSA) is 91.3 Å². The first-order valence-corrected chi connectivity index (χ1v) is 7.12. The number of aromatic nitrogens is 1. The van der Waals surface area contributed by atoms with E-state index in [1.165, 1.54) is 16.7 Å². The molecule has 1 aromatic heterocycles. The van der Waals surface area contributed by atoms with Gasteiger partial charge in [0.05, 0.1) is 5.01 Å². The van der Waals surface area contributed by atoms with Gasteiger partial charge in [0.2, 0.25) is 5.91 Å². The second-order valence-electron chi connectivity index (χ2n) is 4.68. The van der Waals surface area contributed by atoms with Crippen LogP contribution in [-0.2, 0) is 11.2 Å². The van der Waals surface area contributed by atoms with Gasteiger partial charge in [-0.1, -0.05) is 6.92 Å². The quantitative estimate of drug-likeness (QED) is 0.701. The molecule has 1 aliphatic rings. The maximum absolute atomic E-state index is 11.8. The van der Waals surface area contributed by atoms with Crippen LogP contribution < -0.4 is 10.6 Å². The van der Waals surface area contributed by atoms with E-state index < -0.39 is 5.97 Å². The molecule has 1 saturated heterocycles. The monoisotopic (exact) mass is 283 g/mol. The van der Waals surface area contributed by atoms with Gasteiger partial charge in [-0.3, -0.25) is 4.79 Å². The lowest BCUT2D eigenvalue weighted by Crippen LogP contribution is -2.49. The molecular weight excluding hydrogens is 266 g/mol. The van der Waals surface area contributed by atoms with E-state index in [0.29, 0.717) is 18.9 Å². The molecule has 2 rings (SSSR count). The van der Waals surface area contributed by atoms with Gasteiger partial charge in [-0.25, -0.2) is 9.78 Å². The second kappa shape index (κ2) is 6.12. The summed E-state index contributed by atoms with van der Waals surface area (Å²) in [6.45, 7) is 4.24. The first-order valence-electron chi connectivity index (χ1n) is 6.24. The van der Waals surface area contributed by atoms with Crippen molar-refractivity contribution in [3.8, 4) is 0 Å². The lowest BCUT2D eigenvalue weighted by molar-refractivity contribution is -0.126. The van der Waals surface area contributed by atoms with Gasteiger partial charge in [0.25, 0.3) is 0 Å². The highest BCUT2D eigenvalue weighted by molar-refractivity contribution is 7.09. The number of hydrogen-bond acceptors (Lipinski definition) is 5. The van der Waals surface area contributed by atoms with Gasteiger partial charge in [-0.05, 0) is 19.0 Å². The van der Waals surface area contributed by atoms with Crippen LogP contribution in [0.4, 0.5) is 0 Å². The molecule has 1 amide bonds. The van der Waals surface area contributed by atoms with E-state index in [-0.39, 0.29) is 17.5 Å². The fourth-order valence-electron chi connectivity index (χ4n) is 1.86. The van der Waals surface area contributed by atoms with Gasteiger partial charge >= 0.3 is 5.97 Å². The van der Waals surface area contributed by atoms with Gasteiger partial charge in [-0.15, -0.1) is 11.3 Å². The maximum Gasteiger partial charge on any atom is 0.355 e. The molecule has 19 heavy (non-hydrogen) atoms. The van der Waals surface area contributed by atoms with Crippen molar-refractivity contribution >= 4 is 23.2 Å². The zero-order chi connectivity index (χ0) is 13.8. The van der Waals surface area contributed by atoms with Crippen molar-refractivity contribution in [2.75, 3.05) is 19.6 Å². The average molecular weight is 283 g/mol. The fourth-order valence-corrected chi connectivity index (χ4v) is 2.63. The molecule has 104 valence electrons. The molecule has 2 heterocycles. The highest BCUT2D eigenvalue weighted by Gasteiger charge is 2.28. The highest BCUT2D eigenvalue weighted by atomic mass is 32.1. The van der Waals surface area contributed by atoms with Crippen molar-refractivity contribution in [2.24, 2.45) is 11.8 Å². The predicted molar refractivity (Wildman–Crippen MR) is 71.3 cm³/mol. The van der Waals surface area contributed by atoms with E-state index >= 15 is 0 Å². The maximum atomic E-state index is 11.8. The summed E-state index contributed by atoms with van der Waals surface area (Å²) < 4.78 is 0. The van der Waals surface area contributed by atoms with Crippen LogP contribution in [-0.4, -0.2) is 41.6 Å². The Labute approximate surface area is 115 Å².